The Balaban J connectivity index is 2.61. The molecule has 0 spiro atoms. The van der Waals surface area contributed by atoms with E-state index in [1.165, 1.54) is 0 Å². The lowest BCUT2D eigenvalue weighted by atomic mass is 10.3. The highest BCUT2D eigenvalue weighted by atomic mass is 79.9. The summed E-state index contributed by atoms with van der Waals surface area (Å²) in [5, 5.41) is 8.80. The predicted molar refractivity (Wildman–Crippen MR) is 63.6 cm³/mol. The standard InChI is InChI=1S/C11H8BrN3O2/c1-2-17-11(16)10-14-9(12)8-5-7(6-13)3-4-15(8)10/h3-5H,2H2,1H3. The average Bonchev–Trinajstić information content (AvgIpc) is 2.67. The van der Waals surface area contributed by atoms with Crippen molar-refractivity contribution in [2.24, 2.45) is 0 Å². The quantitative estimate of drug-likeness (QED) is 0.796. The smallest absolute Gasteiger partial charge is 0.374 e. The third-order valence-electron chi connectivity index (χ3n) is 2.19. The van der Waals surface area contributed by atoms with Crippen LogP contribution in [0.25, 0.3) is 5.52 Å². The lowest BCUT2D eigenvalue weighted by molar-refractivity contribution is 0.0511. The van der Waals surface area contributed by atoms with Gasteiger partial charge in [-0.15, -0.1) is 0 Å². The molecule has 0 aliphatic carbocycles. The van der Waals surface area contributed by atoms with E-state index in [1.54, 1.807) is 29.7 Å². The van der Waals surface area contributed by atoms with Crippen LogP contribution in [0.15, 0.2) is 22.9 Å². The Hall–Kier alpha value is -1.87. The third-order valence-corrected chi connectivity index (χ3v) is 2.77. The Bertz CT molecular complexity index is 627. The molecular formula is C11H8BrN3O2. The van der Waals surface area contributed by atoms with E-state index in [4.69, 9.17) is 10.00 Å². The van der Waals surface area contributed by atoms with Crippen LogP contribution in [0, 0.1) is 11.3 Å². The lowest BCUT2D eigenvalue weighted by Crippen LogP contribution is -2.09. The average molecular weight is 294 g/mol. The Kier molecular flexibility index (Phi) is 3.11. The van der Waals surface area contributed by atoms with Crippen LogP contribution in [0.5, 0.6) is 0 Å². The molecule has 0 aliphatic heterocycles. The number of carbonyl (C=O) groups is 1. The van der Waals surface area contributed by atoms with Crippen LogP contribution in [0.2, 0.25) is 0 Å². The molecule has 2 heterocycles. The molecule has 0 aromatic carbocycles. The molecule has 17 heavy (non-hydrogen) atoms. The molecule has 0 saturated carbocycles. The second kappa shape index (κ2) is 4.55. The topological polar surface area (TPSA) is 67.4 Å². The molecule has 0 atom stereocenters. The van der Waals surface area contributed by atoms with E-state index in [0.29, 0.717) is 22.3 Å². The Morgan fingerprint density at radius 2 is 2.47 bits per heavy atom. The minimum atomic E-state index is -0.488. The fraction of sp³-hybridized carbons (Fsp3) is 0.182. The Morgan fingerprint density at radius 1 is 1.71 bits per heavy atom. The van der Waals surface area contributed by atoms with Gasteiger partial charge in [0.05, 0.1) is 23.8 Å². The molecule has 2 aromatic rings. The van der Waals surface area contributed by atoms with Crippen molar-refractivity contribution >= 4 is 27.4 Å². The molecule has 0 radical (unpaired) electrons. The summed E-state index contributed by atoms with van der Waals surface area (Å²) in [7, 11) is 0. The first kappa shape index (κ1) is 11.6. The van der Waals surface area contributed by atoms with Gasteiger partial charge in [-0.25, -0.2) is 9.78 Å². The molecule has 0 saturated heterocycles. The Labute approximate surface area is 106 Å². The van der Waals surface area contributed by atoms with Gasteiger partial charge in [0.15, 0.2) is 0 Å². The number of rotatable bonds is 2. The molecule has 2 aromatic heterocycles. The second-order valence-corrected chi connectivity index (χ2v) is 3.98. The van der Waals surface area contributed by atoms with E-state index < -0.39 is 5.97 Å². The van der Waals surface area contributed by atoms with E-state index in [-0.39, 0.29) is 5.82 Å². The number of fused-ring (bicyclic) bond motifs is 1. The predicted octanol–water partition coefficient (Wildman–Crippen LogP) is 2.15. The van der Waals surface area contributed by atoms with Gasteiger partial charge in [0, 0.05) is 6.20 Å². The molecule has 0 aliphatic rings. The summed E-state index contributed by atoms with van der Waals surface area (Å²) in [6, 6.07) is 5.30. The molecule has 0 amide bonds. The number of esters is 1. The summed E-state index contributed by atoms with van der Waals surface area (Å²) in [6.45, 7) is 2.03. The molecule has 0 unspecified atom stereocenters. The molecule has 0 fully saturated rings. The fourth-order valence-corrected chi connectivity index (χ4v) is 1.93. The highest BCUT2D eigenvalue weighted by molar-refractivity contribution is 9.10. The number of hydrogen-bond donors (Lipinski definition) is 0. The number of nitriles is 1. The monoisotopic (exact) mass is 293 g/mol. The highest BCUT2D eigenvalue weighted by Gasteiger charge is 2.17. The van der Waals surface area contributed by atoms with Gasteiger partial charge < -0.3 is 4.74 Å². The lowest BCUT2D eigenvalue weighted by Gasteiger charge is -2.00. The zero-order chi connectivity index (χ0) is 12.4. The summed E-state index contributed by atoms with van der Waals surface area (Å²) in [5.41, 5.74) is 1.17. The van der Waals surface area contributed by atoms with E-state index in [0.717, 1.165) is 0 Å². The van der Waals surface area contributed by atoms with Gasteiger partial charge in [0.25, 0.3) is 0 Å². The van der Waals surface area contributed by atoms with Gasteiger partial charge in [0.2, 0.25) is 5.82 Å². The van der Waals surface area contributed by atoms with Crippen LogP contribution in [0.4, 0.5) is 0 Å². The number of halogens is 1. The van der Waals surface area contributed by atoms with Crippen molar-refractivity contribution in [1.29, 1.82) is 5.26 Å². The zero-order valence-electron chi connectivity index (χ0n) is 8.98. The van der Waals surface area contributed by atoms with Gasteiger partial charge in [0.1, 0.15) is 4.60 Å². The number of nitrogens with zero attached hydrogens (tertiary/aromatic N) is 3. The largest absolute Gasteiger partial charge is 0.460 e. The summed E-state index contributed by atoms with van der Waals surface area (Å²) in [4.78, 5) is 15.7. The van der Waals surface area contributed by atoms with Crippen LogP contribution in [-0.4, -0.2) is 22.0 Å². The summed E-state index contributed by atoms with van der Waals surface area (Å²) in [6.07, 6.45) is 1.62. The number of imidazole rings is 1. The van der Waals surface area contributed by atoms with Gasteiger partial charge in [-0.3, -0.25) is 4.40 Å². The molecule has 86 valence electrons. The van der Waals surface area contributed by atoms with Crippen molar-refractivity contribution < 1.29 is 9.53 Å². The highest BCUT2D eigenvalue weighted by Crippen LogP contribution is 2.20. The molecular weight excluding hydrogens is 286 g/mol. The first-order valence-corrected chi connectivity index (χ1v) is 5.71. The maximum atomic E-state index is 11.6. The maximum absolute atomic E-state index is 11.6. The van der Waals surface area contributed by atoms with Crippen molar-refractivity contribution in [1.82, 2.24) is 9.38 Å². The maximum Gasteiger partial charge on any atom is 0.374 e. The van der Waals surface area contributed by atoms with Crippen LogP contribution < -0.4 is 0 Å². The normalized spacial score (nSPS) is 10.2. The van der Waals surface area contributed by atoms with Crippen LogP contribution in [-0.2, 0) is 4.74 Å². The van der Waals surface area contributed by atoms with E-state index >= 15 is 0 Å². The van der Waals surface area contributed by atoms with Crippen molar-refractivity contribution in [2.75, 3.05) is 6.61 Å². The van der Waals surface area contributed by atoms with E-state index in [2.05, 4.69) is 20.9 Å². The van der Waals surface area contributed by atoms with Crippen molar-refractivity contribution in [2.45, 2.75) is 6.92 Å². The van der Waals surface area contributed by atoms with E-state index in [9.17, 15) is 4.79 Å². The number of aromatic nitrogens is 2. The second-order valence-electron chi connectivity index (χ2n) is 3.23. The molecule has 0 bridgehead atoms. The van der Waals surface area contributed by atoms with Crippen LogP contribution in [0.1, 0.15) is 23.1 Å². The van der Waals surface area contributed by atoms with Crippen molar-refractivity contribution in [3.05, 3.63) is 34.3 Å². The summed E-state index contributed by atoms with van der Waals surface area (Å²) >= 11 is 3.25. The fourth-order valence-electron chi connectivity index (χ4n) is 1.46. The molecule has 5 nitrogen and oxygen atoms in total. The first-order chi connectivity index (χ1) is 8.17. The van der Waals surface area contributed by atoms with Crippen LogP contribution in [0.3, 0.4) is 0 Å². The minimum Gasteiger partial charge on any atom is -0.460 e. The third kappa shape index (κ3) is 2.01. The van der Waals surface area contributed by atoms with Crippen molar-refractivity contribution in [3.63, 3.8) is 0 Å². The Morgan fingerprint density at radius 3 is 3.12 bits per heavy atom. The molecule has 6 heteroatoms. The van der Waals surface area contributed by atoms with Crippen LogP contribution >= 0.6 is 15.9 Å². The zero-order valence-corrected chi connectivity index (χ0v) is 10.6. The number of pyridine rings is 1. The number of ether oxygens (including phenoxy) is 1. The van der Waals surface area contributed by atoms with Gasteiger partial charge in [-0.1, -0.05) is 0 Å². The first-order valence-electron chi connectivity index (χ1n) is 4.92. The summed E-state index contributed by atoms with van der Waals surface area (Å²) < 4.78 is 7.00. The molecule has 2 rings (SSSR count). The summed E-state index contributed by atoms with van der Waals surface area (Å²) in [5.74, 6) is -0.295. The SMILES string of the molecule is CCOC(=O)c1nc(Br)c2cc(C#N)ccn12. The van der Waals surface area contributed by atoms with Gasteiger partial charge in [-0.05, 0) is 35.0 Å². The van der Waals surface area contributed by atoms with Crippen molar-refractivity contribution in [3.8, 4) is 6.07 Å². The minimum absolute atomic E-state index is 0.193. The van der Waals surface area contributed by atoms with Gasteiger partial charge in [-0.2, -0.15) is 5.26 Å². The molecule has 0 N–H and O–H groups in total. The van der Waals surface area contributed by atoms with E-state index in [1.807, 2.05) is 6.07 Å². The number of carbonyl (C=O) groups excluding carboxylic acids is 1. The van der Waals surface area contributed by atoms with Gasteiger partial charge >= 0.3 is 5.97 Å². The number of hydrogen-bond acceptors (Lipinski definition) is 4.